The van der Waals surface area contributed by atoms with E-state index in [0.29, 0.717) is 11.5 Å². The van der Waals surface area contributed by atoms with Crippen LogP contribution >= 0.6 is 11.8 Å². The van der Waals surface area contributed by atoms with E-state index in [9.17, 15) is 23.1 Å². The molecule has 2 N–H and O–H groups in total. The highest BCUT2D eigenvalue weighted by Crippen LogP contribution is 2.23. The van der Waals surface area contributed by atoms with Gasteiger partial charge >= 0.3 is 12.0 Å². The Bertz CT molecular complexity index is 512. The Kier molecular flexibility index (Phi) is 5.54. The van der Waals surface area contributed by atoms with Gasteiger partial charge in [0.15, 0.2) is 9.84 Å². The van der Waals surface area contributed by atoms with Gasteiger partial charge in [0, 0.05) is 24.3 Å². The molecule has 0 bridgehead atoms. The summed E-state index contributed by atoms with van der Waals surface area (Å²) in [5.74, 6) is -0.204. The van der Waals surface area contributed by atoms with Crippen LogP contribution in [-0.4, -0.2) is 66.1 Å². The van der Waals surface area contributed by atoms with Crippen LogP contribution in [0.2, 0.25) is 0 Å². The van der Waals surface area contributed by atoms with E-state index >= 15 is 0 Å². The molecule has 0 aromatic carbocycles. The summed E-state index contributed by atoms with van der Waals surface area (Å²) in [4.78, 5) is 24.8. The van der Waals surface area contributed by atoms with Crippen molar-refractivity contribution >= 4 is 33.6 Å². The Morgan fingerprint density at radius 1 is 1.38 bits per heavy atom. The molecule has 2 amide bonds. The first kappa shape index (κ1) is 18.1. The topological polar surface area (TPSA) is 104 Å². The second-order valence-electron chi connectivity index (χ2n) is 6.14. The van der Waals surface area contributed by atoms with Crippen molar-refractivity contribution in [1.82, 2.24) is 10.2 Å². The van der Waals surface area contributed by atoms with E-state index in [-0.39, 0.29) is 6.54 Å². The van der Waals surface area contributed by atoms with Crippen molar-refractivity contribution in [2.45, 2.75) is 32.2 Å². The summed E-state index contributed by atoms with van der Waals surface area (Å²) in [5.41, 5.74) is -0.674. The van der Waals surface area contributed by atoms with Gasteiger partial charge in [0.05, 0.1) is 0 Å². The van der Waals surface area contributed by atoms with Gasteiger partial charge in [-0.25, -0.2) is 18.0 Å². The number of amides is 2. The fourth-order valence-electron chi connectivity index (χ4n) is 2.02. The van der Waals surface area contributed by atoms with E-state index in [4.69, 9.17) is 0 Å². The van der Waals surface area contributed by atoms with Gasteiger partial charge in [-0.05, 0) is 5.41 Å². The second-order valence-corrected chi connectivity index (χ2v) is 9.49. The lowest BCUT2D eigenvalue weighted by molar-refractivity contribution is -0.142. The molecule has 0 aromatic rings. The summed E-state index contributed by atoms with van der Waals surface area (Å²) >= 11 is 1.46. The van der Waals surface area contributed by atoms with Gasteiger partial charge in [0.25, 0.3) is 0 Å². The molecule has 1 saturated heterocycles. The number of nitrogens with zero attached hydrogens (tertiary/aromatic N) is 1. The molecule has 2 atom stereocenters. The van der Waals surface area contributed by atoms with Crippen LogP contribution < -0.4 is 5.32 Å². The molecule has 1 aliphatic rings. The van der Waals surface area contributed by atoms with Crippen molar-refractivity contribution in [2.24, 2.45) is 5.41 Å². The van der Waals surface area contributed by atoms with Crippen LogP contribution in [0.25, 0.3) is 0 Å². The number of thioether (sulfide) groups is 1. The average molecular weight is 338 g/mol. The Balaban J connectivity index is 2.92. The highest BCUT2D eigenvalue weighted by Gasteiger charge is 2.38. The number of carboxylic acid groups (broad SMARTS) is 1. The van der Waals surface area contributed by atoms with Crippen LogP contribution in [0.1, 0.15) is 20.8 Å². The summed E-state index contributed by atoms with van der Waals surface area (Å²) in [6.45, 7) is 5.38. The van der Waals surface area contributed by atoms with Crippen molar-refractivity contribution < 1.29 is 23.1 Å². The van der Waals surface area contributed by atoms with E-state index in [0.717, 1.165) is 6.26 Å². The third kappa shape index (κ3) is 4.77. The van der Waals surface area contributed by atoms with Crippen LogP contribution in [-0.2, 0) is 14.6 Å². The minimum atomic E-state index is -3.41. The van der Waals surface area contributed by atoms with E-state index in [2.05, 4.69) is 5.32 Å². The maximum absolute atomic E-state index is 12.3. The zero-order valence-electron chi connectivity index (χ0n) is 12.6. The molecule has 0 spiro atoms. The Morgan fingerprint density at radius 3 is 2.38 bits per heavy atom. The quantitative estimate of drug-likeness (QED) is 0.781. The van der Waals surface area contributed by atoms with Gasteiger partial charge < -0.3 is 15.3 Å². The number of aliphatic carboxylic acids is 1. The Labute approximate surface area is 129 Å². The summed E-state index contributed by atoms with van der Waals surface area (Å²) in [7, 11) is -3.41. The van der Waals surface area contributed by atoms with Gasteiger partial charge in [-0.2, -0.15) is 11.8 Å². The number of hydrogen-bond donors (Lipinski definition) is 2. The van der Waals surface area contributed by atoms with Crippen LogP contribution in [0, 0.1) is 5.41 Å². The third-order valence-corrected chi connectivity index (χ3v) is 5.86. The molecule has 9 heteroatoms. The fourth-order valence-corrected chi connectivity index (χ4v) is 4.84. The summed E-state index contributed by atoms with van der Waals surface area (Å²) < 4.78 is 23.5. The minimum absolute atomic E-state index is 0.282. The molecule has 1 heterocycles. The predicted octanol–water partition coefficient (Wildman–Crippen LogP) is 0.615. The largest absolute Gasteiger partial charge is 0.480 e. The van der Waals surface area contributed by atoms with Crippen molar-refractivity contribution in [3.63, 3.8) is 0 Å². The van der Waals surface area contributed by atoms with Crippen molar-refractivity contribution in [2.75, 3.05) is 24.3 Å². The lowest BCUT2D eigenvalue weighted by Gasteiger charge is -2.36. The van der Waals surface area contributed by atoms with Crippen molar-refractivity contribution in [3.8, 4) is 0 Å². The standard InChI is InChI=1S/C12H22N2O5S2/c1-12(2,3)9(10(15)16)13-11(17)14-5-6-20-7-8(14)21(4,18)19/h8-9H,5-7H2,1-4H3,(H,13,17)(H,15,16)/t8?,9-/m0/s1. The van der Waals surface area contributed by atoms with Gasteiger partial charge in [-0.3, -0.25) is 0 Å². The number of nitrogens with one attached hydrogen (secondary N) is 1. The molecule has 0 aliphatic carbocycles. The van der Waals surface area contributed by atoms with E-state index < -0.39 is 38.7 Å². The Morgan fingerprint density at radius 2 is 1.95 bits per heavy atom. The van der Waals surface area contributed by atoms with Crippen LogP contribution in [0.15, 0.2) is 0 Å². The van der Waals surface area contributed by atoms with Gasteiger partial charge in [0.1, 0.15) is 11.4 Å². The van der Waals surface area contributed by atoms with Crippen molar-refractivity contribution in [1.29, 1.82) is 0 Å². The highest BCUT2D eigenvalue weighted by molar-refractivity contribution is 8.00. The maximum atomic E-state index is 12.3. The molecular formula is C12H22N2O5S2. The van der Waals surface area contributed by atoms with Crippen molar-refractivity contribution in [3.05, 3.63) is 0 Å². The zero-order valence-corrected chi connectivity index (χ0v) is 14.3. The first-order valence-corrected chi connectivity index (χ1v) is 9.62. The smallest absolute Gasteiger partial charge is 0.326 e. The van der Waals surface area contributed by atoms with Crippen LogP contribution in [0.4, 0.5) is 4.79 Å². The monoisotopic (exact) mass is 338 g/mol. The van der Waals surface area contributed by atoms with Gasteiger partial charge in [-0.15, -0.1) is 0 Å². The molecule has 1 fully saturated rings. The molecule has 122 valence electrons. The lowest BCUT2D eigenvalue weighted by Crippen LogP contribution is -2.58. The van der Waals surface area contributed by atoms with Gasteiger partial charge in [-0.1, -0.05) is 20.8 Å². The minimum Gasteiger partial charge on any atom is -0.480 e. The number of carboxylic acids is 1. The molecule has 1 aliphatic heterocycles. The molecular weight excluding hydrogens is 316 g/mol. The number of carbonyl (C=O) groups is 2. The summed E-state index contributed by atoms with van der Waals surface area (Å²) in [6, 6.07) is -1.73. The van der Waals surface area contributed by atoms with Crippen LogP contribution in [0.3, 0.4) is 0 Å². The van der Waals surface area contributed by atoms with E-state index in [1.54, 1.807) is 20.8 Å². The molecule has 1 rings (SSSR count). The predicted molar refractivity (Wildman–Crippen MR) is 82.1 cm³/mol. The number of urea groups is 1. The molecule has 7 nitrogen and oxygen atoms in total. The SMILES string of the molecule is CC(C)(C)[C@@H](NC(=O)N1CCSCC1S(C)(=O)=O)C(=O)O. The molecule has 0 aromatic heterocycles. The Hall–Kier alpha value is -0.960. The first-order valence-electron chi connectivity index (χ1n) is 6.51. The van der Waals surface area contributed by atoms with Crippen LogP contribution in [0.5, 0.6) is 0 Å². The molecule has 21 heavy (non-hydrogen) atoms. The van der Waals surface area contributed by atoms with E-state index in [1.807, 2.05) is 0 Å². The highest BCUT2D eigenvalue weighted by atomic mass is 32.2. The zero-order chi connectivity index (χ0) is 16.4. The van der Waals surface area contributed by atoms with Gasteiger partial charge in [0.2, 0.25) is 0 Å². The first-order chi connectivity index (χ1) is 9.44. The second kappa shape index (κ2) is 6.43. The molecule has 0 radical (unpaired) electrons. The fraction of sp³-hybridized carbons (Fsp3) is 0.833. The third-order valence-electron chi connectivity index (χ3n) is 3.22. The molecule has 1 unspecified atom stereocenters. The van der Waals surface area contributed by atoms with E-state index in [1.165, 1.54) is 16.7 Å². The summed E-state index contributed by atoms with van der Waals surface area (Å²) in [6.07, 6.45) is 1.09. The number of hydrogen-bond acceptors (Lipinski definition) is 5. The number of carbonyl (C=O) groups excluding carboxylic acids is 1. The maximum Gasteiger partial charge on any atom is 0.326 e. The summed E-state index contributed by atoms with van der Waals surface area (Å²) in [5, 5.41) is 10.8. The molecule has 0 saturated carbocycles. The number of rotatable bonds is 3. The lowest BCUT2D eigenvalue weighted by atomic mass is 9.87. The number of sulfone groups is 1. The normalized spacial score (nSPS) is 21.7. The average Bonchev–Trinajstić information content (AvgIpc) is 2.32.